The van der Waals surface area contributed by atoms with Crippen LogP contribution in [0.25, 0.3) is 11.9 Å². The van der Waals surface area contributed by atoms with E-state index < -0.39 is 10.8 Å². The molecular formula is C42H66N24S4. The molecule has 0 spiro atoms. The Bertz CT molecular complexity index is 2420. The summed E-state index contributed by atoms with van der Waals surface area (Å²) in [7, 11) is 0. The second-order valence-corrected chi connectivity index (χ2v) is 22.6. The van der Waals surface area contributed by atoms with Crippen LogP contribution in [-0.2, 0) is 10.8 Å². The van der Waals surface area contributed by atoms with Gasteiger partial charge >= 0.3 is 0 Å². The van der Waals surface area contributed by atoms with Gasteiger partial charge in [-0.1, -0.05) is 141 Å². The van der Waals surface area contributed by atoms with Gasteiger partial charge in [-0.05, 0) is 25.7 Å². The van der Waals surface area contributed by atoms with Crippen LogP contribution in [-0.4, -0.2) is 108 Å². The quantitative estimate of drug-likeness (QED) is 0.0159. The Hall–Kier alpha value is -5.74. The molecule has 24 nitrogen and oxygen atoms in total. The Morgan fingerprint density at radius 2 is 0.814 bits per heavy atom. The van der Waals surface area contributed by atoms with Gasteiger partial charge in [-0.15, -0.1) is 40.9 Å². The molecule has 0 unspecified atom stereocenters. The SMILES string of the molecule is CCCCNc1nc(NCCCC)nc(-n2nc(C(C)(C)C)c(N=Nc3nnc(SCCSc4nnc(N=Nc5c(C(C)(C)C)nn(-c6nc(NCCCC)nc(NCCCC)n6)c5N)s4)s3)c2N)n1. The predicted octanol–water partition coefficient (Wildman–Crippen LogP) is 10.5. The number of nitrogen functional groups attached to an aromatic ring is 2. The van der Waals surface area contributed by atoms with Crippen molar-refractivity contribution in [3.05, 3.63) is 11.4 Å². The number of azo groups is 2. The van der Waals surface area contributed by atoms with E-state index >= 15 is 0 Å². The summed E-state index contributed by atoms with van der Waals surface area (Å²) in [6, 6.07) is 0. The fourth-order valence-electron chi connectivity index (χ4n) is 6.15. The molecule has 378 valence electrons. The molecule has 70 heavy (non-hydrogen) atoms. The van der Waals surface area contributed by atoms with Crippen LogP contribution >= 0.6 is 46.2 Å². The number of hydrogen-bond donors (Lipinski definition) is 6. The fourth-order valence-corrected chi connectivity index (χ4v) is 9.58. The minimum absolute atomic E-state index is 0.246. The number of nitrogens with zero attached hydrogens (tertiary/aromatic N) is 18. The molecule has 0 amide bonds. The Labute approximate surface area is 425 Å². The lowest BCUT2D eigenvalue weighted by atomic mass is 9.91. The lowest BCUT2D eigenvalue weighted by Crippen LogP contribution is -2.16. The number of unbranched alkanes of at least 4 members (excludes halogenated alkanes) is 4. The van der Waals surface area contributed by atoms with Crippen LogP contribution in [0.2, 0.25) is 0 Å². The van der Waals surface area contributed by atoms with Crippen molar-refractivity contribution < 1.29 is 0 Å². The third-order valence-electron chi connectivity index (χ3n) is 9.89. The molecule has 0 radical (unpaired) electrons. The van der Waals surface area contributed by atoms with Crippen LogP contribution in [0.4, 0.5) is 57.1 Å². The topological polar surface area (TPSA) is 314 Å². The van der Waals surface area contributed by atoms with Gasteiger partial charge in [0, 0.05) is 48.5 Å². The van der Waals surface area contributed by atoms with E-state index in [0.29, 0.717) is 56.8 Å². The Morgan fingerprint density at radius 3 is 1.11 bits per heavy atom. The summed E-state index contributed by atoms with van der Waals surface area (Å²) >= 11 is 5.78. The van der Waals surface area contributed by atoms with Crippen LogP contribution in [0.3, 0.4) is 0 Å². The zero-order chi connectivity index (χ0) is 50.3. The second-order valence-electron chi connectivity index (χ2n) is 18.0. The average molecular weight is 1040 g/mol. The first-order valence-electron chi connectivity index (χ1n) is 23.6. The molecule has 0 aliphatic rings. The largest absolute Gasteiger partial charge is 0.382 e. The van der Waals surface area contributed by atoms with Gasteiger partial charge in [0.25, 0.3) is 22.2 Å². The van der Waals surface area contributed by atoms with Crippen molar-refractivity contribution in [1.82, 2.24) is 69.9 Å². The van der Waals surface area contributed by atoms with Crippen molar-refractivity contribution in [2.75, 3.05) is 70.4 Å². The van der Waals surface area contributed by atoms with Crippen molar-refractivity contribution in [1.29, 1.82) is 0 Å². The zero-order valence-electron chi connectivity index (χ0n) is 41.7. The summed E-state index contributed by atoms with van der Waals surface area (Å²) in [5.74, 6) is 4.25. The lowest BCUT2D eigenvalue weighted by Gasteiger charge is -2.15. The smallest absolute Gasteiger partial charge is 0.259 e. The summed E-state index contributed by atoms with van der Waals surface area (Å²) in [6.45, 7) is 23.6. The Morgan fingerprint density at radius 1 is 0.486 bits per heavy atom. The predicted molar refractivity (Wildman–Crippen MR) is 283 cm³/mol. The van der Waals surface area contributed by atoms with Gasteiger partial charge in [0.05, 0.1) is 11.4 Å². The maximum absolute atomic E-state index is 6.73. The highest BCUT2D eigenvalue weighted by molar-refractivity contribution is 8.04. The number of aromatic nitrogens is 14. The van der Waals surface area contributed by atoms with E-state index in [1.54, 1.807) is 23.5 Å². The number of nitrogens with two attached hydrogens (primary N) is 2. The van der Waals surface area contributed by atoms with Crippen LogP contribution in [0, 0.1) is 0 Å². The van der Waals surface area contributed by atoms with E-state index in [9.17, 15) is 0 Å². The molecule has 6 heterocycles. The zero-order valence-corrected chi connectivity index (χ0v) is 45.0. The Kier molecular flexibility index (Phi) is 19.5. The number of hydrogen-bond acceptors (Lipinski definition) is 26. The lowest BCUT2D eigenvalue weighted by molar-refractivity contribution is 0.558. The highest BCUT2D eigenvalue weighted by atomic mass is 32.2. The summed E-state index contributed by atoms with van der Waals surface area (Å²) in [6.07, 6.45) is 8.03. The normalized spacial score (nSPS) is 12.2. The van der Waals surface area contributed by atoms with Crippen LogP contribution < -0.4 is 32.7 Å². The van der Waals surface area contributed by atoms with E-state index in [0.717, 1.165) is 97.7 Å². The number of thioether (sulfide) groups is 2. The first kappa shape index (κ1) is 53.6. The first-order chi connectivity index (χ1) is 33.6. The summed E-state index contributed by atoms with van der Waals surface area (Å²) in [5.41, 5.74) is 14.7. The fraction of sp³-hybridized carbons (Fsp3) is 0.619. The molecule has 6 rings (SSSR count). The van der Waals surface area contributed by atoms with Crippen LogP contribution in [0.1, 0.15) is 132 Å². The van der Waals surface area contributed by atoms with Crippen LogP contribution in [0.5, 0.6) is 0 Å². The molecule has 0 aliphatic heterocycles. The van der Waals surface area contributed by atoms with Crippen molar-refractivity contribution in [3.63, 3.8) is 0 Å². The molecule has 0 saturated carbocycles. The van der Waals surface area contributed by atoms with E-state index in [-0.39, 0.29) is 23.5 Å². The molecule has 28 heteroatoms. The number of nitrogens with one attached hydrogen (secondary N) is 4. The average Bonchev–Trinajstić information content (AvgIpc) is 4.12. The van der Waals surface area contributed by atoms with Crippen molar-refractivity contribution in [2.24, 2.45) is 20.5 Å². The minimum atomic E-state index is -0.432. The van der Waals surface area contributed by atoms with E-state index in [2.05, 4.69) is 120 Å². The van der Waals surface area contributed by atoms with Gasteiger partial charge in [-0.2, -0.15) is 49.5 Å². The molecule has 0 aromatic carbocycles. The van der Waals surface area contributed by atoms with Crippen LogP contribution in [0.15, 0.2) is 29.1 Å². The summed E-state index contributed by atoms with van der Waals surface area (Å²) in [5, 5.41) is 58.9. The highest BCUT2D eigenvalue weighted by Crippen LogP contribution is 2.40. The van der Waals surface area contributed by atoms with E-state index in [1.165, 1.54) is 32.0 Å². The standard InChI is InChI=1S/C42H66N24S4/c1-11-15-19-45-31-49-32(46-20-16-12-2)52-35(51-31)65-29(43)25(27(63-65)41(5,6)7)55-57-37-59-61-39(69-37)67-23-24-68-40-62-60-38(70-40)58-56-26-28(42(8,9)10)64-66(30(26)44)36-53-33(47-21-17-13-3)50-34(54-36)48-22-18-14-4/h11-24,43-44H2,1-10H3,(H2,45,46,49,51,52)(H2,47,48,50,53,54). The highest BCUT2D eigenvalue weighted by Gasteiger charge is 2.30. The second kappa shape index (κ2) is 25.4. The van der Waals surface area contributed by atoms with Gasteiger partial charge in [0.15, 0.2) is 31.7 Å². The third-order valence-corrected chi connectivity index (χ3v) is 14.0. The molecule has 0 saturated heterocycles. The monoisotopic (exact) mass is 1030 g/mol. The van der Waals surface area contributed by atoms with Gasteiger partial charge < -0.3 is 32.7 Å². The molecule has 6 aromatic heterocycles. The van der Waals surface area contributed by atoms with Crippen molar-refractivity contribution in [2.45, 2.75) is 140 Å². The van der Waals surface area contributed by atoms with Gasteiger partial charge in [-0.3, -0.25) is 0 Å². The summed E-state index contributed by atoms with van der Waals surface area (Å²) < 4.78 is 4.48. The molecule has 0 bridgehead atoms. The molecule has 0 atom stereocenters. The Balaban J connectivity index is 1.10. The maximum atomic E-state index is 6.73. The van der Waals surface area contributed by atoms with Crippen molar-refractivity contribution in [3.8, 4) is 11.9 Å². The maximum Gasteiger partial charge on any atom is 0.259 e. The van der Waals surface area contributed by atoms with Gasteiger partial charge in [-0.25, -0.2) is 0 Å². The molecule has 0 fully saturated rings. The molecule has 6 aromatic rings. The van der Waals surface area contributed by atoms with Gasteiger partial charge in [0.2, 0.25) is 23.8 Å². The van der Waals surface area contributed by atoms with Crippen molar-refractivity contribution >= 4 is 103 Å². The minimum Gasteiger partial charge on any atom is -0.382 e. The summed E-state index contributed by atoms with van der Waals surface area (Å²) in [4.78, 5) is 27.8. The first-order valence-corrected chi connectivity index (χ1v) is 27.2. The molecule has 8 N–H and O–H groups in total. The van der Waals surface area contributed by atoms with E-state index in [4.69, 9.17) is 21.7 Å². The van der Waals surface area contributed by atoms with Gasteiger partial charge in [0.1, 0.15) is 0 Å². The molecular weight excluding hydrogens is 969 g/mol. The third kappa shape index (κ3) is 14.9. The molecule has 0 aliphatic carbocycles. The number of anilines is 6. The van der Waals surface area contributed by atoms with E-state index in [1.807, 2.05) is 41.5 Å². The number of rotatable bonds is 27.